The molecule has 0 aliphatic carbocycles. The predicted molar refractivity (Wildman–Crippen MR) is 71.5 cm³/mol. The molecule has 0 heterocycles. The van der Waals surface area contributed by atoms with E-state index in [0.717, 1.165) is 16.6 Å². The van der Waals surface area contributed by atoms with Gasteiger partial charge in [-0.15, -0.1) is 0 Å². The number of aryl methyl sites for hydroxylation is 2. The molecule has 0 saturated heterocycles. The maximum absolute atomic E-state index is 6.13. The lowest BCUT2D eigenvalue weighted by Gasteiger charge is -2.13. The van der Waals surface area contributed by atoms with Crippen LogP contribution in [0.25, 0.3) is 11.1 Å². The van der Waals surface area contributed by atoms with E-state index in [2.05, 4.69) is 44.2 Å². The van der Waals surface area contributed by atoms with Gasteiger partial charge in [-0.05, 0) is 43.0 Å². The van der Waals surface area contributed by atoms with Crippen molar-refractivity contribution in [3.05, 3.63) is 53.1 Å². The molecule has 0 aliphatic rings. The molecule has 2 aromatic carbocycles. The second kappa shape index (κ2) is 4.17. The van der Waals surface area contributed by atoms with Gasteiger partial charge in [-0.25, -0.2) is 0 Å². The van der Waals surface area contributed by atoms with Crippen molar-refractivity contribution in [2.45, 2.75) is 20.8 Å². The Labute approximate surface area is 98.7 Å². The van der Waals surface area contributed by atoms with Crippen LogP contribution >= 0.6 is 0 Å². The van der Waals surface area contributed by atoms with Crippen molar-refractivity contribution in [2.75, 3.05) is 0 Å². The summed E-state index contributed by atoms with van der Waals surface area (Å²) in [6.07, 6.45) is 0. The zero-order chi connectivity index (χ0) is 11.7. The van der Waals surface area contributed by atoms with Crippen LogP contribution in [0.4, 0.5) is 0 Å². The van der Waals surface area contributed by atoms with Crippen molar-refractivity contribution in [1.82, 2.24) is 0 Å². The van der Waals surface area contributed by atoms with Crippen LogP contribution in [0, 0.1) is 20.8 Å². The van der Waals surface area contributed by atoms with Crippen LogP contribution in [0.5, 0.6) is 0 Å². The minimum atomic E-state index is 0.885. The second-order valence-electron chi connectivity index (χ2n) is 4.28. The maximum Gasteiger partial charge on any atom is 0.115 e. The standard InChI is InChI=1S/C15H15B/c1-10-6-4-8-13(12(10)3)14-9-5-7-11(2)15(14)16/h4-9H,1-3H3. The third-order valence-electron chi connectivity index (χ3n) is 3.22. The molecule has 0 fully saturated rings. The monoisotopic (exact) mass is 206 g/mol. The van der Waals surface area contributed by atoms with Gasteiger partial charge < -0.3 is 0 Å². The van der Waals surface area contributed by atoms with Crippen LogP contribution in [0.2, 0.25) is 0 Å². The summed E-state index contributed by atoms with van der Waals surface area (Å²) in [6.45, 7) is 6.32. The zero-order valence-electron chi connectivity index (χ0n) is 10.0. The van der Waals surface area contributed by atoms with Crippen LogP contribution in [0.15, 0.2) is 36.4 Å². The number of rotatable bonds is 1. The Morgan fingerprint density at radius 1 is 0.750 bits per heavy atom. The summed E-state index contributed by atoms with van der Waals surface area (Å²) in [5.74, 6) is 0. The van der Waals surface area contributed by atoms with Gasteiger partial charge in [0.05, 0.1) is 0 Å². The molecule has 0 nitrogen and oxygen atoms in total. The highest BCUT2D eigenvalue weighted by Gasteiger charge is 2.06. The van der Waals surface area contributed by atoms with Gasteiger partial charge in [-0.2, -0.15) is 0 Å². The van der Waals surface area contributed by atoms with E-state index in [0.29, 0.717) is 0 Å². The topological polar surface area (TPSA) is 0 Å². The molecule has 0 unspecified atom stereocenters. The molecular formula is C15H15B. The van der Waals surface area contributed by atoms with Crippen molar-refractivity contribution in [1.29, 1.82) is 0 Å². The molecule has 2 radical (unpaired) electrons. The van der Waals surface area contributed by atoms with E-state index in [1.807, 2.05) is 13.0 Å². The molecule has 2 rings (SSSR count). The molecule has 78 valence electrons. The summed E-state index contributed by atoms with van der Waals surface area (Å²) in [6, 6.07) is 12.5. The number of benzene rings is 2. The van der Waals surface area contributed by atoms with Crippen LogP contribution in [-0.4, -0.2) is 7.85 Å². The first-order chi connectivity index (χ1) is 7.61. The van der Waals surface area contributed by atoms with Crippen LogP contribution in [0.1, 0.15) is 16.7 Å². The Morgan fingerprint density at radius 3 is 2.00 bits per heavy atom. The molecular weight excluding hydrogens is 191 g/mol. The Kier molecular flexibility index (Phi) is 2.87. The molecule has 0 saturated carbocycles. The molecule has 0 bridgehead atoms. The third kappa shape index (κ3) is 1.78. The van der Waals surface area contributed by atoms with Crippen molar-refractivity contribution >= 4 is 13.3 Å². The van der Waals surface area contributed by atoms with Gasteiger partial charge in [0.2, 0.25) is 0 Å². The van der Waals surface area contributed by atoms with Gasteiger partial charge in [0.25, 0.3) is 0 Å². The minimum Gasteiger partial charge on any atom is -0.0861 e. The fraction of sp³-hybridized carbons (Fsp3) is 0.200. The summed E-state index contributed by atoms with van der Waals surface area (Å²) in [7, 11) is 6.13. The molecule has 0 atom stereocenters. The lowest BCUT2D eigenvalue weighted by atomic mass is 9.82. The Bertz CT molecular complexity index is 477. The first-order valence-electron chi connectivity index (χ1n) is 5.53. The Hall–Kier alpha value is -1.50. The van der Waals surface area contributed by atoms with Crippen molar-refractivity contribution < 1.29 is 0 Å². The summed E-state index contributed by atoms with van der Waals surface area (Å²) in [5, 5.41) is 0. The smallest absolute Gasteiger partial charge is 0.0861 e. The first kappa shape index (κ1) is 11.0. The average Bonchev–Trinajstić information content (AvgIpc) is 2.27. The summed E-state index contributed by atoms with van der Waals surface area (Å²) in [5.41, 5.74) is 7.01. The number of hydrogen-bond acceptors (Lipinski definition) is 0. The van der Waals surface area contributed by atoms with E-state index in [9.17, 15) is 0 Å². The zero-order valence-corrected chi connectivity index (χ0v) is 10.0. The normalized spacial score (nSPS) is 10.4. The van der Waals surface area contributed by atoms with Gasteiger partial charge >= 0.3 is 0 Å². The summed E-state index contributed by atoms with van der Waals surface area (Å²) < 4.78 is 0. The van der Waals surface area contributed by atoms with Crippen molar-refractivity contribution in [2.24, 2.45) is 0 Å². The molecule has 2 aromatic rings. The van der Waals surface area contributed by atoms with E-state index in [-0.39, 0.29) is 0 Å². The molecule has 16 heavy (non-hydrogen) atoms. The highest BCUT2D eigenvalue weighted by atomic mass is 14.1. The molecule has 0 aromatic heterocycles. The largest absolute Gasteiger partial charge is 0.115 e. The molecule has 1 heteroatoms. The van der Waals surface area contributed by atoms with Crippen LogP contribution in [0.3, 0.4) is 0 Å². The van der Waals surface area contributed by atoms with Crippen LogP contribution < -0.4 is 5.46 Å². The highest BCUT2D eigenvalue weighted by molar-refractivity contribution is 6.37. The summed E-state index contributed by atoms with van der Waals surface area (Å²) in [4.78, 5) is 0. The predicted octanol–water partition coefficient (Wildman–Crippen LogP) is 3.07. The van der Waals surface area contributed by atoms with E-state index in [1.165, 1.54) is 16.7 Å². The maximum atomic E-state index is 6.13. The lowest BCUT2D eigenvalue weighted by Crippen LogP contribution is -2.11. The lowest BCUT2D eigenvalue weighted by molar-refractivity contribution is 1.34. The summed E-state index contributed by atoms with van der Waals surface area (Å²) >= 11 is 0. The Balaban J connectivity index is 2.68. The Morgan fingerprint density at radius 2 is 1.31 bits per heavy atom. The van der Waals surface area contributed by atoms with Gasteiger partial charge in [0, 0.05) is 0 Å². The molecule has 0 amide bonds. The van der Waals surface area contributed by atoms with E-state index >= 15 is 0 Å². The quantitative estimate of drug-likeness (QED) is 0.629. The second-order valence-corrected chi connectivity index (χ2v) is 4.28. The molecule has 0 spiro atoms. The fourth-order valence-corrected chi connectivity index (χ4v) is 1.96. The van der Waals surface area contributed by atoms with Gasteiger partial charge in [-0.3, -0.25) is 0 Å². The number of hydrogen-bond donors (Lipinski definition) is 0. The SMILES string of the molecule is [B]c1c(C)cccc1-c1cccc(C)c1C. The molecule has 0 aliphatic heterocycles. The van der Waals surface area contributed by atoms with E-state index in [4.69, 9.17) is 7.85 Å². The van der Waals surface area contributed by atoms with E-state index in [1.54, 1.807) is 0 Å². The third-order valence-corrected chi connectivity index (χ3v) is 3.22. The minimum absolute atomic E-state index is 0.885. The van der Waals surface area contributed by atoms with Crippen LogP contribution in [-0.2, 0) is 0 Å². The van der Waals surface area contributed by atoms with Gasteiger partial charge in [-0.1, -0.05) is 47.4 Å². The first-order valence-corrected chi connectivity index (χ1v) is 5.53. The average molecular weight is 206 g/mol. The van der Waals surface area contributed by atoms with E-state index < -0.39 is 0 Å². The fourth-order valence-electron chi connectivity index (χ4n) is 1.96. The van der Waals surface area contributed by atoms with Crippen molar-refractivity contribution in [3.63, 3.8) is 0 Å². The highest BCUT2D eigenvalue weighted by Crippen LogP contribution is 2.24. The van der Waals surface area contributed by atoms with Crippen molar-refractivity contribution in [3.8, 4) is 11.1 Å². The van der Waals surface area contributed by atoms with Gasteiger partial charge in [0.1, 0.15) is 7.85 Å². The molecule has 0 N–H and O–H groups in total. The van der Waals surface area contributed by atoms with Gasteiger partial charge in [0.15, 0.2) is 0 Å².